The first-order valence-electron chi connectivity index (χ1n) is 6.73. The van der Waals surface area contributed by atoms with Crippen molar-refractivity contribution < 1.29 is 14.7 Å². The van der Waals surface area contributed by atoms with E-state index in [0.717, 1.165) is 0 Å². The second-order valence-corrected chi connectivity index (χ2v) is 5.15. The highest BCUT2D eigenvalue weighted by Gasteiger charge is 2.23. The van der Waals surface area contributed by atoms with Crippen LogP contribution in [0.4, 0.5) is 5.82 Å². The molecule has 6 nitrogen and oxygen atoms in total. The van der Waals surface area contributed by atoms with Crippen LogP contribution in [0.5, 0.6) is 0 Å². The summed E-state index contributed by atoms with van der Waals surface area (Å²) in [5.74, 6) is -0.200. The maximum Gasteiger partial charge on any atom is 0.354 e. The minimum atomic E-state index is -1.03. The number of aromatic carboxylic acids is 1. The van der Waals surface area contributed by atoms with Crippen molar-refractivity contribution in [3.8, 4) is 0 Å². The SMILES string of the molecule is CC(C)C(=O)N1CCN(c2cccc(C(=O)O)n2)CC1. The molecular weight excluding hydrogens is 258 g/mol. The van der Waals surface area contributed by atoms with E-state index in [1.807, 2.05) is 23.6 Å². The summed E-state index contributed by atoms with van der Waals surface area (Å²) in [5.41, 5.74) is 0.0446. The lowest BCUT2D eigenvalue weighted by Crippen LogP contribution is -2.50. The predicted molar refractivity (Wildman–Crippen MR) is 74.8 cm³/mol. The summed E-state index contributed by atoms with van der Waals surface area (Å²) in [5, 5.41) is 8.95. The molecule has 108 valence electrons. The standard InChI is InChI=1S/C14H19N3O3/c1-10(2)13(18)17-8-6-16(7-9-17)12-5-3-4-11(15-12)14(19)20/h3-5,10H,6-9H2,1-2H3,(H,19,20). The van der Waals surface area contributed by atoms with Crippen molar-refractivity contribution in [1.29, 1.82) is 0 Å². The quantitative estimate of drug-likeness (QED) is 0.895. The fourth-order valence-corrected chi connectivity index (χ4v) is 2.24. The lowest BCUT2D eigenvalue weighted by atomic mass is 10.1. The lowest BCUT2D eigenvalue weighted by Gasteiger charge is -2.36. The van der Waals surface area contributed by atoms with Crippen molar-refractivity contribution in [2.24, 2.45) is 5.92 Å². The predicted octanol–water partition coefficient (Wildman–Crippen LogP) is 1.08. The third-order valence-electron chi connectivity index (χ3n) is 3.36. The van der Waals surface area contributed by atoms with E-state index >= 15 is 0 Å². The zero-order valence-electron chi connectivity index (χ0n) is 11.7. The molecule has 0 bridgehead atoms. The van der Waals surface area contributed by atoms with Gasteiger partial charge in [-0.1, -0.05) is 19.9 Å². The monoisotopic (exact) mass is 277 g/mol. The van der Waals surface area contributed by atoms with Gasteiger partial charge in [-0.2, -0.15) is 0 Å². The lowest BCUT2D eigenvalue weighted by molar-refractivity contribution is -0.134. The summed E-state index contributed by atoms with van der Waals surface area (Å²) in [4.78, 5) is 30.8. The molecule has 1 aliphatic rings. The third-order valence-corrected chi connectivity index (χ3v) is 3.36. The molecule has 0 unspecified atom stereocenters. The van der Waals surface area contributed by atoms with Gasteiger partial charge in [0.1, 0.15) is 5.82 Å². The van der Waals surface area contributed by atoms with E-state index in [-0.39, 0.29) is 17.5 Å². The van der Waals surface area contributed by atoms with E-state index < -0.39 is 5.97 Å². The van der Waals surface area contributed by atoms with Crippen molar-refractivity contribution in [3.63, 3.8) is 0 Å². The average Bonchev–Trinajstić information content (AvgIpc) is 2.46. The van der Waals surface area contributed by atoms with Crippen LogP contribution in [0.3, 0.4) is 0 Å². The van der Waals surface area contributed by atoms with Gasteiger partial charge in [0, 0.05) is 32.1 Å². The van der Waals surface area contributed by atoms with Crippen LogP contribution in [-0.4, -0.2) is 53.0 Å². The topological polar surface area (TPSA) is 73.7 Å². The van der Waals surface area contributed by atoms with Gasteiger partial charge in [-0.3, -0.25) is 4.79 Å². The summed E-state index contributed by atoms with van der Waals surface area (Å²) in [6.07, 6.45) is 0. The van der Waals surface area contributed by atoms with E-state index in [9.17, 15) is 9.59 Å². The Balaban J connectivity index is 2.02. The number of hydrogen-bond acceptors (Lipinski definition) is 4. The largest absolute Gasteiger partial charge is 0.477 e. The van der Waals surface area contributed by atoms with Crippen molar-refractivity contribution in [1.82, 2.24) is 9.88 Å². The normalized spacial score (nSPS) is 15.6. The molecule has 1 amide bonds. The molecule has 1 aromatic rings. The van der Waals surface area contributed by atoms with Crippen molar-refractivity contribution in [2.75, 3.05) is 31.1 Å². The van der Waals surface area contributed by atoms with Crippen molar-refractivity contribution >= 4 is 17.7 Å². The van der Waals surface area contributed by atoms with Crippen LogP contribution < -0.4 is 4.90 Å². The molecule has 20 heavy (non-hydrogen) atoms. The van der Waals surface area contributed by atoms with E-state index in [2.05, 4.69) is 4.98 Å². The minimum Gasteiger partial charge on any atom is -0.477 e. The molecule has 2 rings (SSSR count). The third kappa shape index (κ3) is 3.07. The Bertz CT molecular complexity index is 508. The Hall–Kier alpha value is -2.11. The highest BCUT2D eigenvalue weighted by molar-refractivity contribution is 5.85. The summed E-state index contributed by atoms with van der Waals surface area (Å²) >= 11 is 0. The Morgan fingerprint density at radius 2 is 1.85 bits per heavy atom. The van der Waals surface area contributed by atoms with Gasteiger partial charge in [-0.25, -0.2) is 9.78 Å². The van der Waals surface area contributed by atoms with Crippen LogP contribution >= 0.6 is 0 Å². The fourth-order valence-electron chi connectivity index (χ4n) is 2.24. The number of pyridine rings is 1. The number of carbonyl (C=O) groups is 2. The van der Waals surface area contributed by atoms with Crippen LogP contribution in [0.2, 0.25) is 0 Å². The van der Waals surface area contributed by atoms with E-state index in [4.69, 9.17) is 5.11 Å². The number of carbonyl (C=O) groups excluding carboxylic acids is 1. The smallest absolute Gasteiger partial charge is 0.354 e. The molecule has 0 spiro atoms. The molecule has 0 radical (unpaired) electrons. The summed E-state index contributed by atoms with van der Waals surface area (Å²) in [7, 11) is 0. The molecule has 0 atom stereocenters. The highest BCUT2D eigenvalue weighted by Crippen LogP contribution is 2.15. The van der Waals surface area contributed by atoms with Crippen molar-refractivity contribution in [2.45, 2.75) is 13.8 Å². The molecule has 0 aliphatic carbocycles. The maximum absolute atomic E-state index is 11.9. The van der Waals surface area contributed by atoms with Gasteiger partial charge >= 0.3 is 5.97 Å². The number of nitrogens with zero attached hydrogens (tertiary/aromatic N) is 3. The Morgan fingerprint density at radius 1 is 1.20 bits per heavy atom. The molecule has 1 aromatic heterocycles. The van der Waals surface area contributed by atoms with Gasteiger partial charge in [0.15, 0.2) is 5.69 Å². The molecule has 2 heterocycles. The Kier molecular flexibility index (Phi) is 4.22. The minimum absolute atomic E-state index is 0.00927. The van der Waals surface area contributed by atoms with Crippen LogP contribution in [-0.2, 0) is 4.79 Å². The second-order valence-electron chi connectivity index (χ2n) is 5.15. The first-order valence-corrected chi connectivity index (χ1v) is 6.73. The Labute approximate surface area is 118 Å². The summed E-state index contributed by atoms with van der Waals surface area (Å²) in [6, 6.07) is 4.97. The van der Waals surface area contributed by atoms with Gasteiger partial charge in [0.25, 0.3) is 0 Å². The summed E-state index contributed by atoms with van der Waals surface area (Å²) < 4.78 is 0. The first kappa shape index (κ1) is 14.3. The molecule has 1 saturated heterocycles. The average molecular weight is 277 g/mol. The van der Waals surface area contributed by atoms with Crippen LogP contribution in [0.1, 0.15) is 24.3 Å². The molecule has 0 aromatic carbocycles. The number of hydrogen-bond donors (Lipinski definition) is 1. The zero-order chi connectivity index (χ0) is 14.7. The fraction of sp³-hybridized carbons (Fsp3) is 0.500. The molecule has 6 heteroatoms. The van der Waals surface area contributed by atoms with Gasteiger partial charge in [-0.15, -0.1) is 0 Å². The maximum atomic E-state index is 11.9. The zero-order valence-corrected chi connectivity index (χ0v) is 11.7. The van der Waals surface area contributed by atoms with Gasteiger partial charge in [-0.05, 0) is 12.1 Å². The number of anilines is 1. The number of carboxylic acid groups (broad SMARTS) is 1. The molecule has 0 saturated carbocycles. The number of carboxylic acids is 1. The van der Waals surface area contributed by atoms with E-state index in [1.165, 1.54) is 6.07 Å². The summed E-state index contributed by atoms with van der Waals surface area (Å²) in [6.45, 7) is 6.44. The number of piperazine rings is 1. The van der Waals surface area contributed by atoms with Crippen LogP contribution in [0.25, 0.3) is 0 Å². The van der Waals surface area contributed by atoms with E-state index in [1.54, 1.807) is 12.1 Å². The van der Waals surface area contributed by atoms with Gasteiger partial charge < -0.3 is 14.9 Å². The number of rotatable bonds is 3. The van der Waals surface area contributed by atoms with Gasteiger partial charge in [0.2, 0.25) is 5.91 Å². The van der Waals surface area contributed by atoms with Crippen LogP contribution in [0, 0.1) is 5.92 Å². The Morgan fingerprint density at radius 3 is 2.40 bits per heavy atom. The first-order chi connectivity index (χ1) is 9.49. The van der Waals surface area contributed by atoms with Crippen LogP contribution in [0.15, 0.2) is 18.2 Å². The highest BCUT2D eigenvalue weighted by atomic mass is 16.4. The second kappa shape index (κ2) is 5.90. The van der Waals surface area contributed by atoms with Crippen molar-refractivity contribution in [3.05, 3.63) is 23.9 Å². The van der Waals surface area contributed by atoms with E-state index in [0.29, 0.717) is 32.0 Å². The molecule has 1 fully saturated rings. The molecular formula is C14H19N3O3. The number of amides is 1. The molecule has 1 N–H and O–H groups in total. The molecule has 1 aliphatic heterocycles. The van der Waals surface area contributed by atoms with Gasteiger partial charge in [0.05, 0.1) is 0 Å². The number of aromatic nitrogens is 1.